The van der Waals surface area contributed by atoms with Crippen molar-refractivity contribution < 1.29 is 33.2 Å². The lowest BCUT2D eigenvalue weighted by Crippen LogP contribution is -2.35. The SMILES string of the molecule is COc1ccc(C(OCc2ccc(C#CCNc3ncnc4c3ncn4[C@H]3CC[C@H](COC(c4ccccc4)(c4ccc(OC)cc4)c4ccc(OC)cc4)O3)cc2)(c2ccccc2)c2ccc(OC)cc2)cc1. The standard InChI is InChI=1S/C62H57N5O7/c1-68-52-29-21-48(22-30-52)61(46-13-7-5-8-14-46,49-23-31-53(69-2)32-24-49)72-40-45-19-17-44(18-20-45)12-11-39-63-59-58-60(65-42-64-59)67(43-66-58)57-38-37-56(74-57)41-73-62(47-15-9-6-10-16-47,50-25-33-54(70-3)34-26-50)51-27-35-55(71-4)36-28-51/h5-10,13-36,42-43,56-57H,37-41H2,1-4H3,(H,63,64,65)/t56-,57-/m1/s1. The highest BCUT2D eigenvalue weighted by Crippen LogP contribution is 2.44. The second-order valence-corrected chi connectivity index (χ2v) is 17.8. The first kappa shape index (κ1) is 49.1. The number of methoxy groups -OCH3 is 4. The summed E-state index contributed by atoms with van der Waals surface area (Å²) >= 11 is 0. The Balaban J connectivity index is 0.809. The largest absolute Gasteiger partial charge is 0.497 e. The second-order valence-electron chi connectivity index (χ2n) is 17.8. The summed E-state index contributed by atoms with van der Waals surface area (Å²) in [5.41, 5.74) is 7.16. The molecule has 1 aliphatic rings. The zero-order valence-electron chi connectivity index (χ0n) is 41.8. The molecule has 0 saturated carbocycles. The number of ether oxygens (including phenoxy) is 7. The van der Waals surface area contributed by atoms with Gasteiger partial charge in [-0.3, -0.25) is 4.57 Å². The van der Waals surface area contributed by atoms with E-state index in [0.717, 1.165) is 80.3 Å². The van der Waals surface area contributed by atoms with Gasteiger partial charge in [-0.15, -0.1) is 0 Å². The Kier molecular flexibility index (Phi) is 15.0. The van der Waals surface area contributed by atoms with Gasteiger partial charge < -0.3 is 38.5 Å². The van der Waals surface area contributed by atoms with Crippen LogP contribution >= 0.6 is 0 Å². The monoisotopic (exact) mass is 983 g/mol. The molecular weight excluding hydrogens is 927 g/mol. The van der Waals surface area contributed by atoms with Gasteiger partial charge in [0.25, 0.3) is 0 Å². The molecule has 74 heavy (non-hydrogen) atoms. The van der Waals surface area contributed by atoms with E-state index >= 15 is 0 Å². The van der Waals surface area contributed by atoms with Crippen molar-refractivity contribution in [1.29, 1.82) is 0 Å². The molecular formula is C62H57N5O7. The van der Waals surface area contributed by atoms with E-state index in [1.807, 2.05) is 102 Å². The van der Waals surface area contributed by atoms with Crippen LogP contribution in [-0.2, 0) is 32.0 Å². The van der Waals surface area contributed by atoms with Crippen molar-refractivity contribution >= 4 is 17.0 Å². The van der Waals surface area contributed by atoms with Crippen LogP contribution in [0.1, 0.15) is 63.6 Å². The summed E-state index contributed by atoms with van der Waals surface area (Å²) in [7, 11) is 6.67. The summed E-state index contributed by atoms with van der Waals surface area (Å²) in [5, 5.41) is 3.37. The van der Waals surface area contributed by atoms with Crippen molar-refractivity contribution in [3.63, 3.8) is 0 Å². The lowest BCUT2D eigenvalue weighted by molar-refractivity contribution is -0.0756. The van der Waals surface area contributed by atoms with Gasteiger partial charge in [0.05, 0.1) is 60.6 Å². The van der Waals surface area contributed by atoms with Crippen molar-refractivity contribution in [2.75, 3.05) is 46.9 Å². The average molecular weight is 984 g/mol. The maximum atomic E-state index is 7.17. The van der Waals surface area contributed by atoms with Crippen LogP contribution in [0.4, 0.5) is 5.82 Å². The number of nitrogens with one attached hydrogen (secondary N) is 1. The third-order valence-electron chi connectivity index (χ3n) is 13.6. The molecule has 372 valence electrons. The van der Waals surface area contributed by atoms with E-state index in [2.05, 4.69) is 112 Å². The van der Waals surface area contributed by atoms with E-state index in [0.29, 0.717) is 36.7 Å². The summed E-state index contributed by atoms with van der Waals surface area (Å²) in [6, 6.07) is 60.9. The third kappa shape index (κ3) is 10.1. The highest BCUT2D eigenvalue weighted by Gasteiger charge is 2.41. The zero-order chi connectivity index (χ0) is 50.7. The van der Waals surface area contributed by atoms with Gasteiger partial charge in [0.1, 0.15) is 46.8 Å². The minimum absolute atomic E-state index is 0.199. The van der Waals surface area contributed by atoms with Crippen LogP contribution in [0.5, 0.6) is 23.0 Å². The Morgan fingerprint density at radius 3 is 1.50 bits per heavy atom. The van der Waals surface area contributed by atoms with Crippen molar-refractivity contribution in [2.24, 2.45) is 0 Å². The lowest BCUT2D eigenvalue weighted by atomic mass is 9.80. The number of fused-ring (bicyclic) bond motifs is 1. The molecule has 0 spiro atoms. The van der Waals surface area contributed by atoms with Gasteiger partial charge in [-0.25, -0.2) is 15.0 Å². The van der Waals surface area contributed by atoms with Crippen LogP contribution in [-0.4, -0.2) is 67.2 Å². The molecule has 2 aromatic heterocycles. The van der Waals surface area contributed by atoms with E-state index in [4.69, 9.17) is 38.1 Å². The van der Waals surface area contributed by atoms with Crippen LogP contribution in [0.25, 0.3) is 11.2 Å². The molecule has 1 saturated heterocycles. The molecule has 7 aromatic carbocycles. The zero-order valence-corrected chi connectivity index (χ0v) is 41.8. The highest BCUT2D eigenvalue weighted by atomic mass is 16.6. The Bertz CT molecular complexity index is 3210. The molecule has 2 atom stereocenters. The van der Waals surface area contributed by atoms with Gasteiger partial charge in [-0.1, -0.05) is 133 Å². The number of aromatic nitrogens is 4. The summed E-state index contributed by atoms with van der Waals surface area (Å²) in [4.78, 5) is 13.9. The quantitative estimate of drug-likeness (QED) is 0.0616. The first-order valence-corrected chi connectivity index (χ1v) is 24.6. The maximum absolute atomic E-state index is 7.17. The van der Waals surface area contributed by atoms with Crippen LogP contribution in [0.2, 0.25) is 0 Å². The van der Waals surface area contributed by atoms with Crippen molar-refractivity contribution in [2.45, 2.75) is 43.0 Å². The molecule has 0 radical (unpaired) electrons. The maximum Gasteiger partial charge on any atom is 0.167 e. The predicted molar refractivity (Wildman–Crippen MR) is 286 cm³/mol. The molecule has 0 amide bonds. The molecule has 0 unspecified atom stereocenters. The number of hydrogen-bond acceptors (Lipinski definition) is 11. The molecule has 0 aliphatic carbocycles. The van der Waals surface area contributed by atoms with Crippen LogP contribution in [0.15, 0.2) is 195 Å². The average Bonchev–Trinajstić information content (AvgIpc) is 4.14. The second kappa shape index (κ2) is 22.5. The molecule has 12 nitrogen and oxygen atoms in total. The summed E-state index contributed by atoms with van der Waals surface area (Å²) in [6.45, 7) is 1.01. The van der Waals surface area contributed by atoms with Gasteiger partial charge in [-0.2, -0.15) is 0 Å². The molecule has 0 bridgehead atoms. The number of anilines is 1. The van der Waals surface area contributed by atoms with Crippen LogP contribution in [0.3, 0.4) is 0 Å². The van der Waals surface area contributed by atoms with Gasteiger partial charge in [0.2, 0.25) is 0 Å². The van der Waals surface area contributed by atoms with Crippen molar-refractivity contribution in [3.8, 4) is 34.8 Å². The minimum Gasteiger partial charge on any atom is -0.497 e. The topological polar surface area (TPSA) is 120 Å². The molecule has 1 fully saturated rings. The van der Waals surface area contributed by atoms with E-state index in [9.17, 15) is 0 Å². The van der Waals surface area contributed by atoms with Gasteiger partial charge >= 0.3 is 0 Å². The van der Waals surface area contributed by atoms with Crippen molar-refractivity contribution in [1.82, 2.24) is 19.5 Å². The minimum atomic E-state index is -0.952. The number of imidazole rings is 1. The fraction of sp³-hybridized carbons (Fsp3) is 0.210. The number of nitrogens with zero attached hydrogens (tertiary/aromatic N) is 4. The lowest BCUT2D eigenvalue weighted by Gasteiger charge is -2.37. The third-order valence-corrected chi connectivity index (χ3v) is 13.6. The summed E-state index contributed by atoms with van der Waals surface area (Å²) < 4.78 is 45.1. The molecule has 10 rings (SSSR count). The predicted octanol–water partition coefficient (Wildman–Crippen LogP) is 11.5. The number of hydrogen-bond donors (Lipinski definition) is 1. The molecule has 9 aromatic rings. The molecule has 3 heterocycles. The first-order valence-electron chi connectivity index (χ1n) is 24.6. The fourth-order valence-corrected chi connectivity index (χ4v) is 9.72. The van der Waals surface area contributed by atoms with Crippen LogP contribution in [0, 0.1) is 11.8 Å². The van der Waals surface area contributed by atoms with Crippen molar-refractivity contribution in [3.05, 3.63) is 239 Å². The first-order chi connectivity index (χ1) is 36.4. The summed E-state index contributed by atoms with van der Waals surface area (Å²) in [5.74, 6) is 10.2. The van der Waals surface area contributed by atoms with Gasteiger partial charge in [0, 0.05) is 5.56 Å². The van der Waals surface area contributed by atoms with E-state index < -0.39 is 11.2 Å². The molecule has 1 N–H and O–H groups in total. The number of benzene rings is 7. The Morgan fingerprint density at radius 1 is 0.541 bits per heavy atom. The van der Waals surface area contributed by atoms with E-state index in [1.54, 1.807) is 41.1 Å². The van der Waals surface area contributed by atoms with Crippen LogP contribution < -0.4 is 24.3 Å². The molecule has 12 heteroatoms. The summed E-state index contributed by atoms with van der Waals surface area (Å²) in [6.07, 6.45) is 4.36. The Hall–Kier alpha value is -8.47. The fourth-order valence-electron chi connectivity index (χ4n) is 9.72. The van der Waals surface area contributed by atoms with E-state index in [-0.39, 0.29) is 12.3 Å². The van der Waals surface area contributed by atoms with Gasteiger partial charge in [-0.05, 0) is 112 Å². The molecule has 1 aliphatic heterocycles. The normalized spacial score (nSPS) is 14.5. The smallest absolute Gasteiger partial charge is 0.167 e. The van der Waals surface area contributed by atoms with E-state index in [1.165, 1.54) is 0 Å². The van der Waals surface area contributed by atoms with Gasteiger partial charge in [0.15, 0.2) is 17.0 Å². The number of rotatable bonds is 19. The highest BCUT2D eigenvalue weighted by molar-refractivity contribution is 5.82. The Labute approximate surface area is 431 Å². The Morgan fingerprint density at radius 2 is 1.01 bits per heavy atom.